The Morgan fingerprint density at radius 1 is 0.909 bits per heavy atom. The van der Waals surface area contributed by atoms with Crippen LogP contribution >= 0.6 is 0 Å². The van der Waals surface area contributed by atoms with Gasteiger partial charge in [0.25, 0.3) is 0 Å². The summed E-state index contributed by atoms with van der Waals surface area (Å²) in [7, 11) is 0. The lowest BCUT2D eigenvalue weighted by Gasteiger charge is -2.24. The second-order valence-corrected chi connectivity index (χ2v) is 9.65. The van der Waals surface area contributed by atoms with E-state index in [0.29, 0.717) is 5.56 Å². The SMILES string of the molecule is CC(C)(C)c1cc(C#N)ccc1-c1ccc(OCCO)c(-c2ccc(N3CCCC3)cc2)c1. The molecule has 0 unspecified atom stereocenters. The third-order valence-electron chi connectivity index (χ3n) is 6.25. The molecule has 1 aliphatic rings. The maximum absolute atomic E-state index is 9.41. The molecule has 0 saturated carbocycles. The first-order valence-electron chi connectivity index (χ1n) is 11.7. The van der Waals surface area contributed by atoms with Crippen molar-refractivity contribution in [3.8, 4) is 34.1 Å². The van der Waals surface area contributed by atoms with E-state index in [1.54, 1.807) is 0 Å². The number of rotatable bonds is 6. The lowest BCUT2D eigenvalue weighted by atomic mass is 9.80. The lowest BCUT2D eigenvalue weighted by Crippen LogP contribution is -2.17. The third-order valence-corrected chi connectivity index (χ3v) is 6.25. The van der Waals surface area contributed by atoms with Gasteiger partial charge in [-0.3, -0.25) is 0 Å². The van der Waals surface area contributed by atoms with E-state index in [2.05, 4.69) is 68.1 Å². The second kappa shape index (κ2) is 9.68. The molecule has 33 heavy (non-hydrogen) atoms. The molecule has 0 amide bonds. The van der Waals surface area contributed by atoms with E-state index in [1.807, 2.05) is 24.3 Å². The number of ether oxygens (including phenoxy) is 1. The van der Waals surface area contributed by atoms with Crippen LogP contribution in [0.1, 0.15) is 44.7 Å². The highest BCUT2D eigenvalue weighted by Gasteiger charge is 2.21. The molecule has 4 nitrogen and oxygen atoms in total. The fourth-order valence-electron chi connectivity index (χ4n) is 4.52. The molecule has 0 aliphatic carbocycles. The summed E-state index contributed by atoms with van der Waals surface area (Å²) in [4.78, 5) is 2.43. The Labute approximate surface area is 197 Å². The molecule has 0 aromatic heterocycles. The number of nitriles is 1. The van der Waals surface area contributed by atoms with Gasteiger partial charge in [0.1, 0.15) is 12.4 Å². The molecule has 3 aromatic carbocycles. The van der Waals surface area contributed by atoms with Crippen molar-refractivity contribution in [2.24, 2.45) is 0 Å². The van der Waals surface area contributed by atoms with E-state index in [4.69, 9.17) is 4.74 Å². The first kappa shape index (κ1) is 22.9. The van der Waals surface area contributed by atoms with Crippen LogP contribution in [0.2, 0.25) is 0 Å². The molecule has 1 aliphatic heterocycles. The van der Waals surface area contributed by atoms with Crippen molar-refractivity contribution in [2.75, 3.05) is 31.2 Å². The molecule has 0 spiro atoms. The van der Waals surface area contributed by atoms with E-state index in [-0.39, 0.29) is 18.6 Å². The summed E-state index contributed by atoms with van der Waals surface area (Å²) in [5.41, 5.74) is 7.24. The molecule has 1 heterocycles. The number of hydrogen-bond donors (Lipinski definition) is 1. The van der Waals surface area contributed by atoms with Gasteiger partial charge in [-0.25, -0.2) is 0 Å². The standard InChI is InChI=1S/C29H32N2O2/c1-29(2,3)27-18-21(20-30)6-12-25(27)23-9-13-28(33-17-16-32)26(19-23)22-7-10-24(11-8-22)31-14-4-5-15-31/h6-13,18-19,32H,4-5,14-17H2,1-3H3. The van der Waals surface area contributed by atoms with Crippen molar-refractivity contribution in [1.82, 2.24) is 0 Å². The molecular formula is C29H32N2O2. The number of aliphatic hydroxyl groups is 1. The van der Waals surface area contributed by atoms with Crippen molar-refractivity contribution >= 4 is 5.69 Å². The van der Waals surface area contributed by atoms with Gasteiger partial charge >= 0.3 is 0 Å². The van der Waals surface area contributed by atoms with Gasteiger partial charge in [-0.2, -0.15) is 5.26 Å². The van der Waals surface area contributed by atoms with Gasteiger partial charge < -0.3 is 14.7 Å². The van der Waals surface area contributed by atoms with Crippen molar-refractivity contribution in [2.45, 2.75) is 39.0 Å². The summed E-state index contributed by atoms with van der Waals surface area (Å²) in [6, 6.07) is 23.1. The Balaban J connectivity index is 1.79. The third kappa shape index (κ3) is 5.05. The minimum absolute atomic E-state index is 0.0289. The molecule has 4 heteroatoms. The largest absolute Gasteiger partial charge is 0.491 e. The van der Waals surface area contributed by atoms with Crippen LogP contribution in [0.15, 0.2) is 60.7 Å². The molecule has 170 valence electrons. The molecule has 0 radical (unpaired) electrons. The monoisotopic (exact) mass is 440 g/mol. The quantitative estimate of drug-likeness (QED) is 0.499. The molecule has 3 aromatic rings. The number of benzene rings is 3. The normalized spacial score (nSPS) is 13.7. The number of anilines is 1. The van der Waals surface area contributed by atoms with Crippen LogP contribution in [0.25, 0.3) is 22.3 Å². The summed E-state index contributed by atoms with van der Waals surface area (Å²) in [6.07, 6.45) is 2.51. The van der Waals surface area contributed by atoms with Gasteiger partial charge in [0, 0.05) is 24.3 Å². The minimum atomic E-state index is -0.105. The first-order valence-corrected chi connectivity index (χ1v) is 11.7. The molecule has 4 rings (SSSR count). The molecule has 1 N–H and O–H groups in total. The fraction of sp³-hybridized carbons (Fsp3) is 0.345. The Morgan fingerprint density at radius 3 is 2.24 bits per heavy atom. The van der Waals surface area contributed by atoms with Crippen LogP contribution < -0.4 is 9.64 Å². The van der Waals surface area contributed by atoms with Crippen LogP contribution in [0, 0.1) is 11.3 Å². The Bertz CT molecular complexity index is 1150. The summed E-state index contributed by atoms with van der Waals surface area (Å²) in [6.45, 7) is 8.97. The number of nitrogens with zero attached hydrogens (tertiary/aromatic N) is 2. The topological polar surface area (TPSA) is 56.5 Å². The van der Waals surface area contributed by atoms with Crippen LogP contribution in [0.4, 0.5) is 5.69 Å². The Kier molecular flexibility index (Phi) is 6.72. The first-order chi connectivity index (χ1) is 15.9. The summed E-state index contributed by atoms with van der Waals surface area (Å²) < 4.78 is 5.89. The van der Waals surface area contributed by atoms with Crippen molar-refractivity contribution < 1.29 is 9.84 Å². The van der Waals surface area contributed by atoms with Crippen molar-refractivity contribution in [3.05, 3.63) is 71.8 Å². The highest BCUT2D eigenvalue weighted by molar-refractivity contribution is 5.80. The van der Waals surface area contributed by atoms with Gasteiger partial charge in [-0.1, -0.05) is 45.0 Å². The van der Waals surface area contributed by atoms with E-state index >= 15 is 0 Å². The molecule has 0 atom stereocenters. The summed E-state index contributed by atoms with van der Waals surface area (Å²) in [5, 5.41) is 18.7. The predicted molar refractivity (Wildman–Crippen MR) is 135 cm³/mol. The average Bonchev–Trinajstić information content (AvgIpc) is 3.37. The number of aliphatic hydroxyl groups excluding tert-OH is 1. The van der Waals surface area contributed by atoms with E-state index < -0.39 is 0 Å². The van der Waals surface area contributed by atoms with Crippen LogP contribution in [-0.2, 0) is 5.41 Å². The molecule has 1 fully saturated rings. The van der Waals surface area contributed by atoms with Crippen LogP contribution in [0.3, 0.4) is 0 Å². The van der Waals surface area contributed by atoms with Gasteiger partial charge in [0.05, 0.1) is 18.2 Å². The Hall–Kier alpha value is -3.29. The maximum Gasteiger partial charge on any atom is 0.127 e. The second-order valence-electron chi connectivity index (χ2n) is 9.65. The van der Waals surface area contributed by atoms with Crippen LogP contribution in [-0.4, -0.2) is 31.4 Å². The zero-order valence-corrected chi connectivity index (χ0v) is 19.8. The van der Waals surface area contributed by atoms with Gasteiger partial charge in [0.2, 0.25) is 0 Å². The van der Waals surface area contributed by atoms with Gasteiger partial charge in [0.15, 0.2) is 0 Å². The lowest BCUT2D eigenvalue weighted by molar-refractivity contribution is 0.202. The van der Waals surface area contributed by atoms with E-state index in [1.165, 1.54) is 18.5 Å². The Morgan fingerprint density at radius 2 is 1.61 bits per heavy atom. The fourth-order valence-corrected chi connectivity index (χ4v) is 4.52. The van der Waals surface area contributed by atoms with E-state index in [9.17, 15) is 10.4 Å². The zero-order chi connectivity index (χ0) is 23.4. The van der Waals surface area contributed by atoms with Gasteiger partial charge in [-0.05, 0) is 76.9 Å². The van der Waals surface area contributed by atoms with Crippen molar-refractivity contribution in [1.29, 1.82) is 5.26 Å². The maximum atomic E-state index is 9.41. The van der Waals surface area contributed by atoms with Crippen LogP contribution in [0.5, 0.6) is 5.75 Å². The zero-order valence-electron chi connectivity index (χ0n) is 19.8. The summed E-state index contributed by atoms with van der Waals surface area (Å²) >= 11 is 0. The molecular weight excluding hydrogens is 408 g/mol. The average molecular weight is 441 g/mol. The van der Waals surface area contributed by atoms with Gasteiger partial charge in [-0.15, -0.1) is 0 Å². The van der Waals surface area contributed by atoms with Crippen molar-refractivity contribution in [3.63, 3.8) is 0 Å². The number of hydrogen-bond acceptors (Lipinski definition) is 4. The van der Waals surface area contributed by atoms with E-state index in [0.717, 1.165) is 46.7 Å². The molecule has 1 saturated heterocycles. The highest BCUT2D eigenvalue weighted by atomic mass is 16.5. The predicted octanol–water partition coefficient (Wildman–Crippen LogP) is 6.16. The summed E-state index contributed by atoms with van der Waals surface area (Å²) in [5.74, 6) is 0.757. The minimum Gasteiger partial charge on any atom is -0.491 e. The smallest absolute Gasteiger partial charge is 0.127 e. The highest BCUT2D eigenvalue weighted by Crippen LogP contribution is 2.39. The molecule has 0 bridgehead atoms.